The van der Waals surface area contributed by atoms with Crippen LogP contribution in [0.2, 0.25) is 10.0 Å². The molecule has 9 nitrogen and oxygen atoms in total. The minimum absolute atomic E-state index is 0.102. The van der Waals surface area contributed by atoms with Crippen molar-refractivity contribution in [2.75, 3.05) is 49.2 Å². The lowest BCUT2D eigenvalue weighted by Crippen LogP contribution is -2.49. The number of hydrogen-bond donors (Lipinski definition) is 2. The molecule has 216 valence electrons. The number of rotatable bonds is 8. The van der Waals surface area contributed by atoms with Crippen molar-refractivity contribution in [2.45, 2.75) is 25.3 Å². The molecular formula is C29H30Cl2FN5O4. The van der Waals surface area contributed by atoms with E-state index in [4.69, 9.17) is 27.9 Å². The summed E-state index contributed by atoms with van der Waals surface area (Å²) in [5.41, 5.74) is 2.35. The molecule has 1 amide bonds. The number of carboxylic acids is 1. The zero-order valence-corrected chi connectivity index (χ0v) is 23.7. The highest BCUT2D eigenvalue weighted by atomic mass is 35.5. The molecule has 41 heavy (non-hydrogen) atoms. The number of hydrogen-bond acceptors (Lipinski definition) is 7. The Morgan fingerprint density at radius 3 is 2.46 bits per heavy atom. The van der Waals surface area contributed by atoms with E-state index in [2.05, 4.69) is 15.3 Å². The Kier molecular flexibility index (Phi) is 9.22. The number of nitrogens with zero attached hydrogens (tertiary/aromatic N) is 4. The molecule has 1 unspecified atom stereocenters. The highest BCUT2D eigenvalue weighted by Crippen LogP contribution is 2.31. The van der Waals surface area contributed by atoms with Crippen molar-refractivity contribution in [3.63, 3.8) is 0 Å². The summed E-state index contributed by atoms with van der Waals surface area (Å²) in [5, 5.41) is 13.7. The zero-order valence-electron chi connectivity index (χ0n) is 22.2. The Hall–Kier alpha value is -3.47. The predicted molar refractivity (Wildman–Crippen MR) is 155 cm³/mol. The number of halogens is 3. The van der Waals surface area contributed by atoms with Crippen LogP contribution < -0.4 is 15.1 Å². The van der Waals surface area contributed by atoms with Crippen molar-refractivity contribution >= 4 is 46.7 Å². The summed E-state index contributed by atoms with van der Waals surface area (Å²) < 4.78 is 20.8. The molecule has 2 aromatic carbocycles. The van der Waals surface area contributed by atoms with Crippen LogP contribution in [0.4, 0.5) is 16.0 Å². The molecule has 12 heteroatoms. The Balaban J connectivity index is 1.24. The van der Waals surface area contributed by atoms with Gasteiger partial charge in [-0.1, -0.05) is 47.5 Å². The number of benzene rings is 2. The third-order valence-electron chi connectivity index (χ3n) is 7.40. The maximum Gasteiger partial charge on any atom is 0.326 e. The van der Waals surface area contributed by atoms with Crippen molar-refractivity contribution < 1.29 is 23.8 Å². The summed E-state index contributed by atoms with van der Waals surface area (Å²) in [5.74, 6) is -2.19. The molecule has 0 spiro atoms. The van der Waals surface area contributed by atoms with Crippen LogP contribution in [0.5, 0.6) is 0 Å². The van der Waals surface area contributed by atoms with Crippen LogP contribution >= 0.6 is 23.2 Å². The lowest BCUT2D eigenvalue weighted by Gasteiger charge is -2.34. The minimum Gasteiger partial charge on any atom is -0.480 e. The van der Waals surface area contributed by atoms with Crippen molar-refractivity contribution in [3.8, 4) is 11.1 Å². The number of ether oxygens (including phenoxy) is 1. The van der Waals surface area contributed by atoms with Gasteiger partial charge >= 0.3 is 5.97 Å². The van der Waals surface area contributed by atoms with Gasteiger partial charge < -0.3 is 25.0 Å². The van der Waals surface area contributed by atoms with Crippen LogP contribution in [0, 0.1) is 11.7 Å². The maximum atomic E-state index is 15.5. The highest BCUT2D eigenvalue weighted by molar-refractivity contribution is 6.35. The number of anilines is 2. The van der Waals surface area contributed by atoms with Gasteiger partial charge in [0.15, 0.2) is 11.6 Å². The van der Waals surface area contributed by atoms with E-state index in [0.29, 0.717) is 55.7 Å². The number of amides is 1. The quantitative estimate of drug-likeness (QED) is 0.390. The summed E-state index contributed by atoms with van der Waals surface area (Å²) >= 11 is 12.4. The number of morpholine rings is 1. The van der Waals surface area contributed by atoms with Crippen LogP contribution in [0.15, 0.2) is 48.8 Å². The molecule has 3 heterocycles. The summed E-state index contributed by atoms with van der Waals surface area (Å²) in [6, 6.07) is 11.4. The third kappa shape index (κ3) is 6.89. The first-order valence-corrected chi connectivity index (χ1v) is 14.2. The second kappa shape index (κ2) is 13.0. The van der Waals surface area contributed by atoms with Gasteiger partial charge in [0.25, 0.3) is 0 Å². The fourth-order valence-corrected chi connectivity index (χ4v) is 5.61. The first-order chi connectivity index (χ1) is 19.8. The lowest BCUT2D eigenvalue weighted by atomic mass is 9.95. The highest BCUT2D eigenvalue weighted by Gasteiger charge is 2.32. The number of aliphatic carboxylic acids is 1. The van der Waals surface area contributed by atoms with Crippen LogP contribution in [-0.4, -0.2) is 72.4 Å². The SMILES string of the molecule is O=C(N[C@@H](Cc1ccc(-c2cc(Cl)ccc2Cl)cc1)C(=O)O)C1CCCN(c2ncnc(N3CCOCC3)c2F)C1. The van der Waals surface area contributed by atoms with Gasteiger partial charge in [0.1, 0.15) is 12.4 Å². The lowest BCUT2D eigenvalue weighted by molar-refractivity contribution is -0.142. The fourth-order valence-electron chi connectivity index (χ4n) is 5.22. The number of nitrogens with one attached hydrogen (secondary N) is 1. The van der Waals surface area contributed by atoms with E-state index in [-0.39, 0.29) is 30.5 Å². The Morgan fingerprint density at radius 1 is 1.05 bits per heavy atom. The number of carbonyl (C=O) groups excluding carboxylic acids is 1. The largest absolute Gasteiger partial charge is 0.480 e. The van der Waals surface area contributed by atoms with E-state index >= 15 is 4.39 Å². The van der Waals surface area contributed by atoms with Crippen molar-refractivity contribution in [2.24, 2.45) is 5.92 Å². The predicted octanol–water partition coefficient (Wildman–Crippen LogP) is 4.45. The second-order valence-corrected chi connectivity index (χ2v) is 11.0. The van der Waals surface area contributed by atoms with Gasteiger partial charge in [0.2, 0.25) is 11.7 Å². The first-order valence-electron chi connectivity index (χ1n) is 13.5. The molecule has 2 atom stereocenters. The monoisotopic (exact) mass is 601 g/mol. The third-order valence-corrected chi connectivity index (χ3v) is 7.97. The van der Waals surface area contributed by atoms with Gasteiger partial charge in [-0.3, -0.25) is 4.79 Å². The molecule has 0 aliphatic carbocycles. The molecule has 5 rings (SSSR count). The summed E-state index contributed by atoms with van der Waals surface area (Å²) in [7, 11) is 0. The smallest absolute Gasteiger partial charge is 0.326 e. The first kappa shape index (κ1) is 29.0. The van der Waals surface area contributed by atoms with Gasteiger partial charge in [0.05, 0.1) is 19.1 Å². The normalized spacial score (nSPS) is 18.2. The van der Waals surface area contributed by atoms with Gasteiger partial charge in [-0.15, -0.1) is 0 Å². The fraction of sp³-hybridized carbons (Fsp3) is 0.379. The van der Waals surface area contributed by atoms with Crippen LogP contribution in [0.25, 0.3) is 11.1 Å². The van der Waals surface area contributed by atoms with Crippen molar-refractivity contribution in [1.82, 2.24) is 15.3 Å². The van der Waals surface area contributed by atoms with E-state index in [1.807, 2.05) is 17.0 Å². The molecule has 0 radical (unpaired) electrons. The molecule has 3 aromatic rings. The molecule has 0 bridgehead atoms. The zero-order chi connectivity index (χ0) is 28.9. The molecule has 2 N–H and O–H groups in total. The van der Waals surface area contributed by atoms with Crippen LogP contribution in [-0.2, 0) is 20.7 Å². The summed E-state index contributed by atoms with van der Waals surface area (Å²) in [6.07, 6.45) is 2.63. The molecule has 1 aromatic heterocycles. The molecule has 2 fully saturated rings. The van der Waals surface area contributed by atoms with Gasteiger partial charge in [-0.25, -0.2) is 14.8 Å². The Bertz CT molecular complexity index is 1400. The molecular weight excluding hydrogens is 572 g/mol. The van der Waals surface area contributed by atoms with E-state index in [1.165, 1.54) is 6.33 Å². The molecule has 2 saturated heterocycles. The van der Waals surface area contributed by atoms with E-state index in [9.17, 15) is 14.7 Å². The number of piperidine rings is 1. The van der Waals surface area contributed by atoms with E-state index in [1.54, 1.807) is 35.2 Å². The molecule has 2 aliphatic rings. The van der Waals surface area contributed by atoms with Gasteiger partial charge in [0, 0.05) is 48.2 Å². The summed E-state index contributed by atoms with van der Waals surface area (Å²) in [6.45, 7) is 2.82. The Labute approximate surface area is 247 Å². The van der Waals surface area contributed by atoms with Crippen molar-refractivity contribution in [3.05, 3.63) is 70.2 Å². The maximum absolute atomic E-state index is 15.5. The molecule has 2 aliphatic heterocycles. The average Bonchev–Trinajstić information content (AvgIpc) is 2.99. The number of carboxylic acid groups (broad SMARTS) is 1. The van der Waals surface area contributed by atoms with E-state index in [0.717, 1.165) is 16.7 Å². The van der Waals surface area contributed by atoms with Gasteiger partial charge in [-0.2, -0.15) is 4.39 Å². The van der Waals surface area contributed by atoms with Crippen LogP contribution in [0.1, 0.15) is 18.4 Å². The average molecular weight is 602 g/mol. The van der Waals surface area contributed by atoms with Crippen LogP contribution in [0.3, 0.4) is 0 Å². The summed E-state index contributed by atoms with van der Waals surface area (Å²) in [4.78, 5) is 37.2. The Morgan fingerprint density at radius 2 is 1.76 bits per heavy atom. The van der Waals surface area contributed by atoms with Gasteiger partial charge in [-0.05, 0) is 42.2 Å². The molecule has 0 saturated carbocycles. The topological polar surface area (TPSA) is 108 Å². The standard InChI is InChI=1S/C29H30Cl2FN5O4/c30-21-7-8-23(31)22(15-21)19-5-3-18(4-6-19)14-24(29(39)40)35-28(38)20-2-1-9-37(16-20)27-25(32)26(33-17-34-27)36-10-12-41-13-11-36/h3-8,15,17,20,24H,1-2,9-14,16H2,(H,35,38)(H,39,40)/t20?,24-/m0/s1. The van der Waals surface area contributed by atoms with E-state index < -0.39 is 23.7 Å². The second-order valence-electron chi connectivity index (χ2n) is 10.1. The van der Waals surface area contributed by atoms with Crippen molar-refractivity contribution in [1.29, 1.82) is 0 Å². The number of carbonyl (C=O) groups is 2. The number of aromatic nitrogens is 2. The minimum atomic E-state index is -1.13.